The van der Waals surface area contributed by atoms with Crippen molar-refractivity contribution in [3.8, 4) is 33.4 Å². The molecule has 2 aromatic heterocycles. The van der Waals surface area contributed by atoms with Crippen LogP contribution >= 0.6 is 0 Å². The largest absolute Gasteiger partial charge is 0.309 e. The second-order valence-corrected chi connectivity index (χ2v) is 12.8. The molecule has 0 radical (unpaired) electrons. The number of rotatable bonds is 6. The third-order valence-corrected chi connectivity index (χ3v) is 9.43. The standard InChI is InChI=1S/C43H43N3/c1-26-21-29(4)41(32(7)38(26)35-15-11-10-12-16-35)46(42-30(5)22-27(2)39(33(42)8)36-17-13-19-44-24-36)43-31(6)23-28(3)40(34(43)9)37-18-14-20-45-25-37/h10-25H,1-9H3. The lowest BCUT2D eigenvalue weighted by atomic mass is 9.87. The number of aromatic nitrogens is 2. The van der Waals surface area contributed by atoms with Crippen LogP contribution in [0.4, 0.5) is 17.1 Å². The van der Waals surface area contributed by atoms with Crippen molar-refractivity contribution in [2.75, 3.05) is 4.90 Å². The van der Waals surface area contributed by atoms with Crippen LogP contribution in [0, 0.1) is 62.3 Å². The molecular formula is C43H43N3. The van der Waals surface area contributed by atoms with Gasteiger partial charge < -0.3 is 4.90 Å². The van der Waals surface area contributed by atoms with Gasteiger partial charge in [0.05, 0.1) is 17.1 Å². The van der Waals surface area contributed by atoms with E-state index in [9.17, 15) is 0 Å². The van der Waals surface area contributed by atoms with E-state index in [1.165, 1.54) is 89.4 Å². The zero-order valence-corrected chi connectivity index (χ0v) is 28.6. The van der Waals surface area contributed by atoms with Crippen LogP contribution in [0.25, 0.3) is 33.4 Å². The summed E-state index contributed by atoms with van der Waals surface area (Å²) in [4.78, 5) is 11.6. The Morgan fingerprint density at radius 1 is 0.391 bits per heavy atom. The first-order valence-corrected chi connectivity index (χ1v) is 16.1. The molecule has 0 saturated heterocycles. The summed E-state index contributed by atoms with van der Waals surface area (Å²) in [5.41, 5.74) is 22.2. The first kappa shape index (κ1) is 31.0. The van der Waals surface area contributed by atoms with Crippen LogP contribution < -0.4 is 4.90 Å². The average molecular weight is 602 g/mol. The summed E-state index contributed by atoms with van der Waals surface area (Å²) in [5, 5.41) is 0. The van der Waals surface area contributed by atoms with Crippen LogP contribution in [0.2, 0.25) is 0 Å². The molecule has 0 bridgehead atoms. The molecule has 0 N–H and O–H groups in total. The third kappa shape index (κ3) is 5.30. The monoisotopic (exact) mass is 601 g/mol. The molecule has 3 nitrogen and oxygen atoms in total. The molecule has 0 aliphatic rings. The van der Waals surface area contributed by atoms with Crippen LogP contribution in [0.3, 0.4) is 0 Å². The third-order valence-electron chi connectivity index (χ3n) is 9.43. The maximum atomic E-state index is 4.50. The van der Waals surface area contributed by atoms with Crippen molar-refractivity contribution in [2.45, 2.75) is 62.3 Å². The first-order valence-electron chi connectivity index (χ1n) is 16.1. The van der Waals surface area contributed by atoms with Crippen molar-refractivity contribution in [1.82, 2.24) is 9.97 Å². The highest BCUT2D eigenvalue weighted by molar-refractivity contribution is 5.94. The predicted molar refractivity (Wildman–Crippen MR) is 196 cm³/mol. The van der Waals surface area contributed by atoms with Crippen molar-refractivity contribution in [3.63, 3.8) is 0 Å². The Morgan fingerprint density at radius 3 is 1.09 bits per heavy atom. The van der Waals surface area contributed by atoms with Crippen molar-refractivity contribution in [3.05, 3.63) is 148 Å². The lowest BCUT2D eigenvalue weighted by Gasteiger charge is -2.36. The van der Waals surface area contributed by atoms with Gasteiger partial charge in [0.2, 0.25) is 0 Å². The second kappa shape index (κ2) is 12.4. The Hall–Kier alpha value is -5.02. The SMILES string of the molecule is Cc1cc(C)c(N(c2c(C)cc(C)c(-c3cccnc3)c2C)c2c(C)cc(C)c(-c3cccnc3)c2C)c(C)c1-c1ccccc1. The number of hydrogen-bond donors (Lipinski definition) is 0. The summed E-state index contributed by atoms with van der Waals surface area (Å²) >= 11 is 0. The van der Waals surface area contributed by atoms with Crippen LogP contribution in [-0.2, 0) is 0 Å². The topological polar surface area (TPSA) is 29.0 Å². The molecule has 0 fully saturated rings. The van der Waals surface area contributed by atoms with E-state index in [4.69, 9.17) is 0 Å². The Bertz CT molecular complexity index is 1820. The van der Waals surface area contributed by atoms with E-state index in [-0.39, 0.29) is 0 Å². The molecule has 46 heavy (non-hydrogen) atoms. The van der Waals surface area contributed by atoms with Crippen LogP contribution in [0.1, 0.15) is 50.1 Å². The van der Waals surface area contributed by atoms with Crippen LogP contribution in [-0.4, -0.2) is 9.97 Å². The normalized spacial score (nSPS) is 11.2. The van der Waals surface area contributed by atoms with Gasteiger partial charge in [-0.1, -0.05) is 60.7 Å². The molecule has 6 rings (SSSR count). The van der Waals surface area contributed by atoms with Gasteiger partial charge in [0.1, 0.15) is 0 Å². The number of nitrogens with zero attached hydrogens (tertiary/aromatic N) is 3. The molecule has 0 unspecified atom stereocenters. The fourth-order valence-electron chi connectivity index (χ4n) is 7.85. The van der Waals surface area contributed by atoms with E-state index < -0.39 is 0 Å². The van der Waals surface area contributed by atoms with Gasteiger partial charge in [-0.2, -0.15) is 0 Å². The number of benzene rings is 4. The molecule has 4 aromatic carbocycles. The van der Waals surface area contributed by atoms with Gasteiger partial charge >= 0.3 is 0 Å². The van der Waals surface area contributed by atoms with Gasteiger partial charge in [0, 0.05) is 35.9 Å². The Kier molecular flexibility index (Phi) is 8.35. The molecule has 3 heteroatoms. The molecule has 0 aliphatic heterocycles. The average Bonchev–Trinajstić information content (AvgIpc) is 3.02. The molecule has 0 amide bonds. The second-order valence-electron chi connectivity index (χ2n) is 12.8. The molecule has 0 spiro atoms. The fraction of sp³-hybridized carbons (Fsp3) is 0.209. The molecular weight excluding hydrogens is 558 g/mol. The minimum absolute atomic E-state index is 1.13. The van der Waals surface area contributed by atoms with Gasteiger partial charge in [-0.15, -0.1) is 0 Å². The van der Waals surface area contributed by atoms with E-state index in [0.717, 1.165) is 11.1 Å². The van der Waals surface area contributed by atoms with E-state index in [1.54, 1.807) is 0 Å². The molecule has 230 valence electrons. The highest BCUT2D eigenvalue weighted by Gasteiger charge is 2.28. The lowest BCUT2D eigenvalue weighted by Crippen LogP contribution is -2.19. The molecule has 2 heterocycles. The summed E-state index contributed by atoms with van der Waals surface area (Å²) in [6.45, 7) is 20.3. The summed E-state index contributed by atoms with van der Waals surface area (Å²) in [5.74, 6) is 0. The summed E-state index contributed by atoms with van der Waals surface area (Å²) in [6.07, 6.45) is 7.66. The summed E-state index contributed by atoms with van der Waals surface area (Å²) in [6, 6.07) is 26.3. The summed E-state index contributed by atoms with van der Waals surface area (Å²) in [7, 11) is 0. The van der Waals surface area contributed by atoms with Gasteiger partial charge in [0.25, 0.3) is 0 Å². The highest BCUT2D eigenvalue weighted by Crippen LogP contribution is 2.50. The van der Waals surface area contributed by atoms with Crippen molar-refractivity contribution >= 4 is 17.1 Å². The number of hydrogen-bond acceptors (Lipinski definition) is 3. The lowest BCUT2D eigenvalue weighted by molar-refractivity contribution is 1.13. The maximum Gasteiger partial charge on any atom is 0.0526 e. The van der Waals surface area contributed by atoms with Crippen molar-refractivity contribution < 1.29 is 0 Å². The summed E-state index contributed by atoms with van der Waals surface area (Å²) < 4.78 is 0. The van der Waals surface area contributed by atoms with Gasteiger partial charge in [-0.3, -0.25) is 9.97 Å². The quantitative estimate of drug-likeness (QED) is 0.190. The van der Waals surface area contributed by atoms with Crippen LogP contribution in [0.5, 0.6) is 0 Å². The Labute approximate surface area is 274 Å². The van der Waals surface area contributed by atoms with Crippen molar-refractivity contribution in [2.24, 2.45) is 0 Å². The van der Waals surface area contributed by atoms with Crippen LogP contribution in [0.15, 0.2) is 97.6 Å². The van der Waals surface area contributed by atoms with Gasteiger partial charge in [0.15, 0.2) is 0 Å². The zero-order valence-electron chi connectivity index (χ0n) is 28.6. The Morgan fingerprint density at radius 2 is 0.739 bits per heavy atom. The molecule has 6 aromatic rings. The Balaban J connectivity index is 1.77. The van der Waals surface area contributed by atoms with Crippen molar-refractivity contribution in [1.29, 1.82) is 0 Å². The maximum absolute atomic E-state index is 4.50. The number of pyridine rings is 2. The number of anilines is 3. The van der Waals surface area contributed by atoms with E-state index in [1.807, 2.05) is 36.9 Å². The van der Waals surface area contributed by atoms with E-state index in [2.05, 4.69) is 138 Å². The molecule has 0 aliphatic carbocycles. The molecule has 0 saturated carbocycles. The smallest absolute Gasteiger partial charge is 0.0526 e. The highest BCUT2D eigenvalue weighted by atomic mass is 15.2. The minimum atomic E-state index is 1.13. The first-order chi connectivity index (χ1) is 22.1. The zero-order chi connectivity index (χ0) is 32.7. The van der Waals surface area contributed by atoms with E-state index in [0.29, 0.717) is 0 Å². The minimum Gasteiger partial charge on any atom is -0.309 e. The predicted octanol–water partition coefficient (Wildman–Crippen LogP) is 11.7. The number of aryl methyl sites for hydroxylation is 6. The van der Waals surface area contributed by atoms with Gasteiger partial charge in [-0.25, -0.2) is 0 Å². The fourth-order valence-corrected chi connectivity index (χ4v) is 7.85. The van der Waals surface area contributed by atoms with Gasteiger partial charge in [-0.05, 0) is 147 Å². The van der Waals surface area contributed by atoms with E-state index >= 15 is 0 Å². The molecule has 0 atom stereocenters.